The Bertz CT molecular complexity index is 834. The summed E-state index contributed by atoms with van der Waals surface area (Å²) in [5, 5.41) is 2.83. The number of carbonyl (C=O) groups is 2. The standard InChI is InChI=1S/C25H34N4O3/c1-2-3-4-5-6-7-19-32-23-12-10-21(11-13-23)24(30)28-15-17-29(18-16-28)25(31)27-22-9-8-14-26-20-22/h8-14,20H,2-7,15-19H2,1H3,(H,27,31). The van der Waals surface area contributed by atoms with Gasteiger partial charge in [0.05, 0.1) is 18.5 Å². The number of hydrogen-bond donors (Lipinski definition) is 1. The lowest BCUT2D eigenvalue weighted by molar-refractivity contribution is 0.0671. The van der Waals surface area contributed by atoms with Crippen molar-refractivity contribution < 1.29 is 14.3 Å². The molecule has 32 heavy (non-hydrogen) atoms. The van der Waals surface area contributed by atoms with Crippen LogP contribution in [-0.2, 0) is 0 Å². The maximum absolute atomic E-state index is 12.8. The number of aromatic nitrogens is 1. The molecule has 7 heteroatoms. The molecule has 1 fully saturated rings. The van der Waals surface area contributed by atoms with Crippen LogP contribution in [0.15, 0.2) is 48.8 Å². The van der Waals surface area contributed by atoms with E-state index < -0.39 is 0 Å². The van der Waals surface area contributed by atoms with E-state index in [2.05, 4.69) is 17.2 Å². The minimum absolute atomic E-state index is 0.0141. The van der Waals surface area contributed by atoms with Gasteiger partial charge < -0.3 is 19.9 Å². The molecule has 1 aliphatic rings. The van der Waals surface area contributed by atoms with E-state index in [-0.39, 0.29) is 11.9 Å². The van der Waals surface area contributed by atoms with Crippen molar-refractivity contribution in [1.82, 2.24) is 14.8 Å². The largest absolute Gasteiger partial charge is 0.494 e. The normalized spacial score (nSPS) is 13.7. The number of ether oxygens (including phenoxy) is 1. The maximum atomic E-state index is 12.8. The summed E-state index contributed by atoms with van der Waals surface area (Å²) in [6.45, 7) is 4.95. The molecule has 1 aliphatic heterocycles. The lowest BCUT2D eigenvalue weighted by Crippen LogP contribution is -2.51. The summed E-state index contributed by atoms with van der Waals surface area (Å²) in [7, 11) is 0. The van der Waals surface area contributed by atoms with Gasteiger partial charge in [-0.3, -0.25) is 9.78 Å². The van der Waals surface area contributed by atoms with Crippen molar-refractivity contribution >= 4 is 17.6 Å². The minimum Gasteiger partial charge on any atom is -0.494 e. The number of amides is 3. The van der Waals surface area contributed by atoms with E-state index in [1.54, 1.807) is 34.3 Å². The summed E-state index contributed by atoms with van der Waals surface area (Å²) < 4.78 is 5.80. The molecule has 0 unspecified atom stereocenters. The summed E-state index contributed by atoms with van der Waals surface area (Å²) in [5.74, 6) is 0.784. The molecule has 0 atom stereocenters. The molecule has 1 N–H and O–H groups in total. The van der Waals surface area contributed by atoms with E-state index in [9.17, 15) is 9.59 Å². The van der Waals surface area contributed by atoms with Gasteiger partial charge in [0.1, 0.15) is 5.75 Å². The zero-order chi connectivity index (χ0) is 22.6. The van der Waals surface area contributed by atoms with Crippen molar-refractivity contribution in [1.29, 1.82) is 0 Å². The Labute approximate surface area is 190 Å². The first kappa shape index (κ1) is 23.6. The molecule has 2 heterocycles. The zero-order valence-electron chi connectivity index (χ0n) is 19.0. The monoisotopic (exact) mass is 438 g/mol. The van der Waals surface area contributed by atoms with Gasteiger partial charge in [-0.25, -0.2) is 4.79 Å². The van der Waals surface area contributed by atoms with Crippen LogP contribution in [0.25, 0.3) is 0 Å². The van der Waals surface area contributed by atoms with Crippen LogP contribution < -0.4 is 10.1 Å². The first-order valence-electron chi connectivity index (χ1n) is 11.7. The van der Waals surface area contributed by atoms with Crippen LogP contribution in [0.3, 0.4) is 0 Å². The van der Waals surface area contributed by atoms with Gasteiger partial charge >= 0.3 is 6.03 Å². The van der Waals surface area contributed by atoms with Crippen molar-refractivity contribution in [2.75, 3.05) is 38.1 Å². The molecule has 0 bridgehead atoms. The first-order chi connectivity index (χ1) is 15.7. The number of rotatable bonds is 10. The topological polar surface area (TPSA) is 74.8 Å². The molecule has 7 nitrogen and oxygen atoms in total. The fraction of sp³-hybridized carbons (Fsp3) is 0.480. The fourth-order valence-electron chi connectivity index (χ4n) is 3.70. The highest BCUT2D eigenvalue weighted by Crippen LogP contribution is 2.16. The molecular formula is C25H34N4O3. The number of piperazine rings is 1. The predicted molar refractivity (Wildman–Crippen MR) is 126 cm³/mol. The number of pyridine rings is 1. The number of carbonyl (C=O) groups excluding carboxylic acids is 2. The van der Waals surface area contributed by atoms with Crippen molar-refractivity contribution in [3.8, 4) is 5.75 Å². The highest BCUT2D eigenvalue weighted by atomic mass is 16.5. The molecule has 3 rings (SSSR count). The Morgan fingerprint density at radius 3 is 2.31 bits per heavy atom. The van der Waals surface area contributed by atoms with Gasteiger partial charge in [0.2, 0.25) is 0 Å². The number of nitrogens with one attached hydrogen (secondary N) is 1. The molecule has 0 saturated carbocycles. The summed E-state index contributed by atoms with van der Waals surface area (Å²) in [5.41, 5.74) is 1.31. The van der Waals surface area contributed by atoms with E-state index in [0.29, 0.717) is 44.0 Å². The molecule has 1 saturated heterocycles. The molecule has 1 aromatic carbocycles. The molecule has 2 aromatic rings. The van der Waals surface area contributed by atoms with Gasteiger partial charge in [-0.15, -0.1) is 0 Å². The third-order valence-electron chi connectivity index (χ3n) is 5.63. The Morgan fingerprint density at radius 2 is 1.62 bits per heavy atom. The van der Waals surface area contributed by atoms with Gasteiger partial charge in [0.15, 0.2) is 0 Å². The van der Waals surface area contributed by atoms with Crippen LogP contribution in [0.5, 0.6) is 5.75 Å². The number of anilines is 1. The summed E-state index contributed by atoms with van der Waals surface area (Å²) >= 11 is 0. The molecule has 0 spiro atoms. The summed E-state index contributed by atoms with van der Waals surface area (Å²) in [4.78, 5) is 32.7. The summed E-state index contributed by atoms with van der Waals surface area (Å²) in [6, 6.07) is 10.8. The third-order valence-corrected chi connectivity index (χ3v) is 5.63. The lowest BCUT2D eigenvalue weighted by atomic mass is 10.1. The smallest absolute Gasteiger partial charge is 0.322 e. The molecule has 3 amide bonds. The van der Waals surface area contributed by atoms with E-state index in [1.807, 2.05) is 24.3 Å². The number of unbranched alkanes of at least 4 members (excludes halogenated alkanes) is 5. The summed E-state index contributed by atoms with van der Waals surface area (Å²) in [6.07, 6.45) is 10.7. The first-order valence-corrected chi connectivity index (χ1v) is 11.7. The van der Waals surface area contributed by atoms with E-state index >= 15 is 0 Å². The van der Waals surface area contributed by atoms with Crippen LogP contribution in [0.1, 0.15) is 55.8 Å². The molecule has 172 valence electrons. The molecule has 0 aliphatic carbocycles. The van der Waals surface area contributed by atoms with E-state index in [1.165, 1.54) is 32.1 Å². The van der Waals surface area contributed by atoms with Crippen molar-refractivity contribution in [3.63, 3.8) is 0 Å². The van der Waals surface area contributed by atoms with E-state index in [4.69, 9.17) is 4.74 Å². The number of hydrogen-bond acceptors (Lipinski definition) is 4. The van der Waals surface area contributed by atoms with Crippen LogP contribution in [0, 0.1) is 0 Å². The lowest BCUT2D eigenvalue weighted by Gasteiger charge is -2.34. The number of benzene rings is 1. The van der Waals surface area contributed by atoms with Gasteiger partial charge in [0.25, 0.3) is 5.91 Å². The predicted octanol–water partition coefficient (Wildman–Crippen LogP) is 4.81. The Kier molecular flexibility index (Phi) is 9.35. The SMILES string of the molecule is CCCCCCCCOc1ccc(C(=O)N2CCN(C(=O)Nc3cccnc3)CC2)cc1. The Morgan fingerprint density at radius 1 is 0.938 bits per heavy atom. The van der Waals surface area contributed by atoms with Crippen LogP contribution in [-0.4, -0.2) is 59.5 Å². The van der Waals surface area contributed by atoms with E-state index in [0.717, 1.165) is 12.2 Å². The highest BCUT2D eigenvalue weighted by molar-refractivity contribution is 5.94. The number of nitrogens with zero attached hydrogens (tertiary/aromatic N) is 3. The Balaban J connectivity index is 1.38. The van der Waals surface area contributed by atoms with Crippen molar-refractivity contribution in [3.05, 3.63) is 54.4 Å². The van der Waals surface area contributed by atoms with Crippen LogP contribution in [0.2, 0.25) is 0 Å². The Hall–Kier alpha value is -3.09. The van der Waals surface area contributed by atoms with Crippen molar-refractivity contribution in [2.45, 2.75) is 45.4 Å². The second-order valence-electron chi connectivity index (χ2n) is 8.09. The highest BCUT2D eigenvalue weighted by Gasteiger charge is 2.25. The zero-order valence-corrected chi connectivity index (χ0v) is 19.0. The third kappa shape index (κ3) is 7.25. The second-order valence-corrected chi connectivity index (χ2v) is 8.09. The average molecular weight is 439 g/mol. The van der Waals surface area contributed by atoms with Gasteiger partial charge in [-0.05, 0) is 42.8 Å². The number of urea groups is 1. The van der Waals surface area contributed by atoms with Gasteiger partial charge in [0, 0.05) is 37.9 Å². The van der Waals surface area contributed by atoms with Crippen molar-refractivity contribution in [2.24, 2.45) is 0 Å². The molecule has 1 aromatic heterocycles. The maximum Gasteiger partial charge on any atom is 0.322 e. The fourth-order valence-corrected chi connectivity index (χ4v) is 3.70. The molecular weight excluding hydrogens is 404 g/mol. The van der Waals surface area contributed by atoms with Crippen LogP contribution >= 0.6 is 0 Å². The second kappa shape index (κ2) is 12.7. The van der Waals surface area contributed by atoms with Crippen LogP contribution in [0.4, 0.5) is 10.5 Å². The average Bonchev–Trinajstić information content (AvgIpc) is 2.84. The minimum atomic E-state index is -0.169. The van der Waals surface area contributed by atoms with Gasteiger partial charge in [-0.2, -0.15) is 0 Å². The van der Waals surface area contributed by atoms with Gasteiger partial charge in [-0.1, -0.05) is 39.0 Å². The quantitative estimate of drug-likeness (QED) is 0.540. The molecule has 0 radical (unpaired) electrons.